The van der Waals surface area contributed by atoms with Crippen molar-refractivity contribution in [1.29, 1.82) is 0 Å². The third-order valence-corrected chi connectivity index (χ3v) is 2.79. The maximum atomic E-state index is 12.8. The van der Waals surface area contributed by atoms with Crippen molar-refractivity contribution in [3.63, 3.8) is 0 Å². The van der Waals surface area contributed by atoms with Crippen LogP contribution < -0.4 is 10.7 Å². The summed E-state index contributed by atoms with van der Waals surface area (Å²) in [6.07, 6.45) is 1.50. The van der Waals surface area contributed by atoms with E-state index in [9.17, 15) is 14.0 Å². The third kappa shape index (κ3) is 5.31. The van der Waals surface area contributed by atoms with E-state index in [-0.39, 0.29) is 23.8 Å². The zero-order valence-corrected chi connectivity index (χ0v) is 12.4. The van der Waals surface area contributed by atoms with Gasteiger partial charge in [-0.05, 0) is 43.3 Å². The molecule has 0 spiro atoms. The average Bonchev–Trinajstić information content (AvgIpc) is 2.55. The largest absolute Gasteiger partial charge is 0.326 e. The minimum Gasteiger partial charge on any atom is -0.326 e. The molecule has 0 saturated heterocycles. The highest BCUT2D eigenvalue weighted by atomic mass is 19.1. The van der Waals surface area contributed by atoms with Gasteiger partial charge in [0.05, 0.1) is 6.42 Å². The van der Waals surface area contributed by atoms with Gasteiger partial charge in [-0.15, -0.1) is 0 Å². The Bertz CT molecular complexity index is 715. The monoisotopic (exact) mass is 314 g/mol. The Balaban J connectivity index is 1.85. The lowest BCUT2D eigenvalue weighted by molar-refractivity contribution is -0.115. The second-order valence-electron chi connectivity index (χ2n) is 4.73. The smallest absolute Gasteiger partial charge is 0.289 e. The molecule has 6 nitrogen and oxygen atoms in total. The maximum Gasteiger partial charge on any atom is 0.289 e. The first-order valence-electron chi connectivity index (χ1n) is 6.84. The molecule has 23 heavy (non-hydrogen) atoms. The van der Waals surface area contributed by atoms with Crippen LogP contribution in [0.5, 0.6) is 0 Å². The van der Waals surface area contributed by atoms with E-state index in [1.54, 1.807) is 25.1 Å². The molecule has 0 atom stereocenters. The predicted molar refractivity (Wildman–Crippen MR) is 84.5 cm³/mol. The highest BCUT2D eigenvalue weighted by Crippen LogP contribution is 2.08. The summed E-state index contributed by atoms with van der Waals surface area (Å²) < 4.78 is 12.8. The molecule has 0 saturated carbocycles. The van der Waals surface area contributed by atoms with Crippen LogP contribution in [0.1, 0.15) is 23.8 Å². The molecule has 0 aliphatic rings. The van der Waals surface area contributed by atoms with Gasteiger partial charge in [-0.25, -0.2) is 9.82 Å². The Labute approximate surface area is 132 Å². The first-order valence-corrected chi connectivity index (χ1v) is 6.84. The minimum atomic E-state index is -0.455. The molecule has 0 bridgehead atoms. The lowest BCUT2D eigenvalue weighted by Gasteiger charge is -2.05. The number of nitrogens with zero attached hydrogens (tertiary/aromatic N) is 2. The molecule has 0 radical (unpaired) electrons. The van der Waals surface area contributed by atoms with Gasteiger partial charge < -0.3 is 5.32 Å². The summed E-state index contributed by atoms with van der Waals surface area (Å²) >= 11 is 0. The SMILES string of the molecule is CC(CC(=O)Nc1ccc(F)cc1)=NNC(=O)c1ccccn1. The summed E-state index contributed by atoms with van der Waals surface area (Å²) in [7, 11) is 0. The Morgan fingerprint density at radius 3 is 2.57 bits per heavy atom. The fourth-order valence-electron chi connectivity index (χ4n) is 1.71. The Hall–Kier alpha value is -3.09. The number of nitrogens with one attached hydrogen (secondary N) is 2. The molecular weight excluding hydrogens is 299 g/mol. The maximum absolute atomic E-state index is 12.8. The van der Waals surface area contributed by atoms with Crippen LogP contribution in [0.15, 0.2) is 53.8 Å². The number of anilines is 1. The minimum absolute atomic E-state index is 0.000124. The van der Waals surface area contributed by atoms with Crippen molar-refractivity contribution in [2.75, 3.05) is 5.32 Å². The van der Waals surface area contributed by atoms with E-state index in [1.165, 1.54) is 30.5 Å². The van der Waals surface area contributed by atoms with Crippen LogP contribution in [0.25, 0.3) is 0 Å². The van der Waals surface area contributed by atoms with Gasteiger partial charge in [0, 0.05) is 17.6 Å². The Morgan fingerprint density at radius 1 is 1.17 bits per heavy atom. The fraction of sp³-hybridized carbons (Fsp3) is 0.125. The van der Waals surface area contributed by atoms with Crippen molar-refractivity contribution in [3.8, 4) is 0 Å². The molecule has 1 aromatic carbocycles. The fourth-order valence-corrected chi connectivity index (χ4v) is 1.71. The lowest BCUT2D eigenvalue weighted by Crippen LogP contribution is -2.22. The molecule has 1 aromatic heterocycles. The lowest BCUT2D eigenvalue weighted by atomic mass is 10.2. The number of hydrazone groups is 1. The molecule has 118 valence electrons. The van der Waals surface area contributed by atoms with Gasteiger partial charge in [-0.3, -0.25) is 14.6 Å². The van der Waals surface area contributed by atoms with Crippen molar-refractivity contribution >= 4 is 23.2 Å². The van der Waals surface area contributed by atoms with Crippen molar-refractivity contribution in [1.82, 2.24) is 10.4 Å². The highest BCUT2D eigenvalue weighted by molar-refractivity contribution is 6.06. The number of pyridine rings is 1. The van der Waals surface area contributed by atoms with Crippen LogP contribution in [0.3, 0.4) is 0 Å². The molecule has 0 aliphatic heterocycles. The van der Waals surface area contributed by atoms with Crippen molar-refractivity contribution < 1.29 is 14.0 Å². The van der Waals surface area contributed by atoms with Gasteiger partial charge in [0.2, 0.25) is 5.91 Å². The topological polar surface area (TPSA) is 83.5 Å². The van der Waals surface area contributed by atoms with E-state index >= 15 is 0 Å². The number of benzene rings is 1. The summed E-state index contributed by atoms with van der Waals surface area (Å²) in [4.78, 5) is 27.4. The van der Waals surface area contributed by atoms with Crippen molar-refractivity contribution in [3.05, 3.63) is 60.2 Å². The third-order valence-electron chi connectivity index (χ3n) is 2.79. The van der Waals surface area contributed by atoms with Gasteiger partial charge in [0.1, 0.15) is 11.5 Å². The number of carbonyl (C=O) groups is 2. The number of aromatic nitrogens is 1. The van der Waals surface area contributed by atoms with Gasteiger partial charge in [0.25, 0.3) is 5.91 Å². The van der Waals surface area contributed by atoms with E-state index in [2.05, 4.69) is 20.8 Å². The summed E-state index contributed by atoms with van der Waals surface area (Å²) in [5, 5.41) is 6.46. The molecule has 0 aliphatic carbocycles. The summed E-state index contributed by atoms with van der Waals surface area (Å²) in [5.74, 6) is -1.15. The number of halogens is 1. The number of hydrogen-bond acceptors (Lipinski definition) is 4. The number of carbonyl (C=O) groups excluding carboxylic acids is 2. The highest BCUT2D eigenvalue weighted by Gasteiger charge is 2.07. The number of rotatable bonds is 5. The standard InChI is InChI=1S/C16H15FN4O2/c1-11(20-21-16(23)14-4-2-3-9-18-14)10-15(22)19-13-7-5-12(17)6-8-13/h2-9H,10H2,1H3,(H,19,22)(H,21,23). The molecule has 1 heterocycles. The summed E-state index contributed by atoms with van der Waals surface area (Å²) in [5.41, 5.74) is 3.48. The van der Waals surface area contributed by atoms with Crippen LogP contribution in [-0.4, -0.2) is 22.5 Å². The van der Waals surface area contributed by atoms with Gasteiger partial charge in [-0.2, -0.15) is 5.10 Å². The van der Waals surface area contributed by atoms with Crippen LogP contribution >= 0.6 is 0 Å². The van der Waals surface area contributed by atoms with Crippen LogP contribution in [0, 0.1) is 5.82 Å². The number of amides is 2. The van der Waals surface area contributed by atoms with E-state index < -0.39 is 5.91 Å². The number of hydrogen-bond donors (Lipinski definition) is 2. The molecule has 2 aromatic rings. The van der Waals surface area contributed by atoms with Crippen LogP contribution in [0.2, 0.25) is 0 Å². The predicted octanol–water partition coefficient (Wildman–Crippen LogP) is 2.36. The van der Waals surface area contributed by atoms with E-state index in [0.29, 0.717) is 11.4 Å². The first-order chi connectivity index (χ1) is 11.0. The molecule has 0 unspecified atom stereocenters. The first kappa shape index (κ1) is 16.3. The summed E-state index contributed by atoms with van der Waals surface area (Å²) in [6, 6.07) is 10.4. The zero-order chi connectivity index (χ0) is 16.7. The van der Waals surface area contributed by atoms with Crippen LogP contribution in [-0.2, 0) is 4.79 Å². The van der Waals surface area contributed by atoms with E-state index in [0.717, 1.165) is 0 Å². The molecule has 7 heteroatoms. The molecule has 2 rings (SSSR count). The Kier molecular flexibility index (Phi) is 5.51. The normalized spacial score (nSPS) is 11.0. The molecular formula is C16H15FN4O2. The molecule has 0 fully saturated rings. The van der Waals surface area contributed by atoms with Crippen molar-refractivity contribution in [2.45, 2.75) is 13.3 Å². The van der Waals surface area contributed by atoms with Gasteiger partial charge >= 0.3 is 0 Å². The van der Waals surface area contributed by atoms with Crippen molar-refractivity contribution in [2.24, 2.45) is 5.10 Å². The summed E-state index contributed by atoms with van der Waals surface area (Å²) in [6.45, 7) is 1.61. The zero-order valence-electron chi connectivity index (χ0n) is 12.4. The molecule has 2 amide bonds. The second-order valence-corrected chi connectivity index (χ2v) is 4.73. The van der Waals surface area contributed by atoms with E-state index in [1.807, 2.05) is 0 Å². The van der Waals surface area contributed by atoms with Gasteiger partial charge in [-0.1, -0.05) is 6.07 Å². The van der Waals surface area contributed by atoms with Gasteiger partial charge in [0.15, 0.2) is 0 Å². The Morgan fingerprint density at radius 2 is 1.91 bits per heavy atom. The van der Waals surface area contributed by atoms with E-state index in [4.69, 9.17) is 0 Å². The second kappa shape index (κ2) is 7.79. The quantitative estimate of drug-likeness (QED) is 0.656. The van der Waals surface area contributed by atoms with Crippen LogP contribution in [0.4, 0.5) is 10.1 Å². The average molecular weight is 314 g/mol. The molecule has 2 N–H and O–H groups in total.